The fraction of sp³-hybridized carbons (Fsp3) is 0.226. The number of Topliss-reactive ketones (excluding diaryl/α,β-unsaturated/α-hetero) is 1. The van der Waals surface area contributed by atoms with Crippen LogP contribution in [0.3, 0.4) is 0 Å². The normalized spacial score (nSPS) is 18.6. The Labute approximate surface area is 225 Å². The van der Waals surface area contributed by atoms with E-state index in [0.717, 1.165) is 50.3 Å². The number of nitrogens with zero attached hydrogens (tertiary/aromatic N) is 2. The van der Waals surface area contributed by atoms with E-state index in [1.807, 2.05) is 48.7 Å². The molecule has 0 radical (unpaired) electrons. The number of fused-ring (bicyclic) bond motifs is 4. The zero-order chi connectivity index (χ0) is 26.7. The number of allylic oxidation sites excluding steroid dienone is 2. The topological polar surface area (TPSA) is 90.4 Å². The van der Waals surface area contributed by atoms with Crippen molar-refractivity contribution in [3.63, 3.8) is 0 Å². The quantitative estimate of drug-likeness (QED) is 0.297. The monoisotopic (exact) mass is 520 g/mol. The van der Waals surface area contributed by atoms with E-state index < -0.39 is 0 Å². The van der Waals surface area contributed by atoms with Crippen LogP contribution in [0.25, 0.3) is 21.9 Å². The zero-order valence-corrected chi connectivity index (χ0v) is 21.9. The van der Waals surface area contributed by atoms with E-state index in [1.165, 1.54) is 0 Å². The van der Waals surface area contributed by atoms with Crippen LogP contribution >= 0.6 is 0 Å². The molecule has 1 aliphatic carbocycles. The van der Waals surface area contributed by atoms with Gasteiger partial charge in [0.05, 0.1) is 38.4 Å². The van der Waals surface area contributed by atoms with Gasteiger partial charge in [0.15, 0.2) is 17.3 Å². The van der Waals surface area contributed by atoms with Crippen LogP contribution in [0.4, 0.5) is 5.95 Å². The number of methoxy groups -OCH3 is 3. The minimum absolute atomic E-state index is 0.0583. The molecule has 2 aromatic heterocycles. The summed E-state index contributed by atoms with van der Waals surface area (Å²) in [6.45, 7) is 0. The smallest absolute Gasteiger partial charge is 0.209 e. The number of hydrogen-bond donors (Lipinski definition) is 2. The van der Waals surface area contributed by atoms with Crippen molar-refractivity contribution in [1.29, 1.82) is 0 Å². The number of aromatic nitrogens is 3. The van der Waals surface area contributed by atoms with Gasteiger partial charge in [-0.25, -0.2) is 4.98 Å². The van der Waals surface area contributed by atoms with E-state index in [1.54, 1.807) is 21.3 Å². The van der Waals surface area contributed by atoms with E-state index >= 15 is 0 Å². The van der Waals surface area contributed by atoms with E-state index in [2.05, 4.69) is 33.1 Å². The first kappa shape index (κ1) is 23.4. The Balaban J connectivity index is 1.39. The van der Waals surface area contributed by atoms with Crippen molar-refractivity contribution in [2.24, 2.45) is 0 Å². The second kappa shape index (κ2) is 8.94. The largest absolute Gasteiger partial charge is 0.493 e. The molecular weight excluding hydrogens is 492 g/mol. The number of H-pyrrole nitrogens is 1. The Kier molecular flexibility index (Phi) is 5.36. The van der Waals surface area contributed by atoms with Gasteiger partial charge >= 0.3 is 0 Å². The van der Waals surface area contributed by atoms with Gasteiger partial charge in [0.1, 0.15) is 0 Å². The third kappa shape index (κ3) is 3.51. The lowest BCUT2D eigenvalue weighted by Crippen LogP contribution is -2.33. The Hall–Kier alpha value is -4.72. The van der Waals surface area contributed by atoms with E-state index in [9.17, 15) is 4.79 Å². The number of rotatable bonds is 5. The predicted octanol–water partition coefficient (Wildman–Crippen LogP) is 5.96. The van der Waals surface area contributed by atoms with Gasteiger partial charge in [0.2, 0.25) is 11.7 Å². The maximum absolute atomic E-state index is 14.1. The van der Waals surface area contributed by atoms with Crippen molar-refractivity contribution in [1.82, 2.24) is 14.5 Å². The lowest BCUT2D eigenvalue weighted by molar-refractivity contribution is -0.116. The Morgan fingerprint density at radius 3 is 2.44 bits per heavy atom. The summed E-state index contributed by atoms with van der Waals surface area (Å²) in [5.74, 6) is 2.49. The van der Waals surface area contributed by atoms with Gasteiger partial charge in [-0.1, -0.05) is 30.3 Å². The molecule has 5 aromatic rings. The summed E-state index contributed by atoms with van der Waals surface area (Å²) in [5.41, 5.74) is 6.64. The molecule has 0 spiro atoms. The second-order valence-corrected chi connectivity index (χ2v) is 9.99. The van der Waals surface area contributed by atoms with E-state index in [4.69, 9.17) is 19.2 Å². The Morgan fingerprint density at radius 2 is 1.67 bits per heavy atom. The van der Waals surface area contributed by atoms with Crippen molar-refractivity contribution < 1.29 is 19.0 Å². The second-order valence-electron chi connectivity index (χ2n) is 9.99. The minimum atomic E-state index is -0.298. The predicted molar refractivity (Wildman–Crippen MR) is 150 cm³/mol. The fourth-order valence-corrected chi connectivity index (χ4v) is 6.21. The highest BCUT2D eigenvalue weighted by Gasteiger charge is 2.40. The molecule has 1 aliphatic heterocycles. The van der Waals surface area contributed by atoms with E-state index in [-0.39, 0.29) is 17.7 Å². The third-order valence-electron chi connectivity index (χ3n) is 7.97. The third-order valence-corrected chi connectivity index (χ3v) is 7.97. The van der Waals surface area contributed by atoms with Crippen molar-refractivity contribution in [2.75, 3.05) is 26.6 Å². The number of nitrogens with one attached hydrogen (secondary N) is 2. The number of benzene rings is 3. The molecule has 0 fully saturated rings. The SMILES string of the molecule is COc1cc([C@@H]2CC(=O)C3=C(C2)Nc2nc4ccccc4n2[C@@H]3c2c[nH]c3ccccc23)cc(OC)c1OC. The molecule has 196 valence electrons. The number of aromatic amines is 1. The summed E-state index contributed by atoms with van der Waals surface area (Å²) in [5, 5.41) is 4.65. The molecular formula is C31H28N4O4. The first-order valence-corrected chi connectivity index (χ1v) is 13.0. The van der Waals surface area contributed by atoms with Crippen molar-refractivity contribution in [3.8, 4) is 17.2 Å². The van der Waals surface area contributed by atoms with Gasteiger partial charge in [-0.15, -0.1) is 0 Å². The van der Waals surface area contributed by atoms with Crippen LogP contribution in [0.5, 0.6) is 17.2 Å². The fourth-order valence-electron chi connectivity index (χ4n) is 6.21. The maximum Gasteiger partial charge on any atom is 0.209 e. The average Bonchev–Trinajstić information content (AvgIpc) is 3.56. The molecule has 2 aliphatic rings. The number of imidazole rings is 1. The van der Waals surface area contributed by atoms with Gasteiger partial charge in [0, 0.05) is 40.4 Å². The van der Waals surface area contributed by atoms with Crippen LogP contribution < -0.4 is 19.5 Å². The molecule has 8 nitrogen and oxygen atoms in total. The van der Waals surface area contributed by atoms with Gasteiger partial charge in [-0.2, -0.15) is 0 Å². The van der Waals surface area contributed by atoms with Gasteiger partial charge < -0.3 is 24.5 Å². The lowest BCUT2D eigenvalue weighted by atomic mass is 9.77. The number of ether oxygens (including phenoxy) is 3. The number of hydrogen-bond acceptors (Lipinski definition) is 6. The van der Waals surface area contributed by atoms with Crippen LogP contribution in [0.2, 0.25) is 0 Å². The number of para-hydroxylation sites is 3. The molecule has 2 N–H and O–H groups in total. The summed E-state index contributed by atoms with van der Waals surface area (Å²) in [7, 11) is 4.80. The molecule has 8 heteroatoms. The highest BCUT2D eigenvalue weighted by Crippen LogP contribution is 2.49. The summed E-state index contributed by atoms with van der Waals surface area (Å²) in [6.07, 6.45) is 3.06. The standard InChI is InChI=1S/C31H28N4O4/c1-37-26-14-18(15-27(38-2)30(26)39-3)17-12-23-28(25(36)13-17)29(20-16-32-21-9-5-4-8-19(20)21)35-24-11-7-6-10-22(24)33-31(35)34-23/h4-11,14-17,29,32H,12-13H2,1-3H3,(H,33,34)/t17-,29+/m0/s1. The summed E-state index contributed by atoms with van der Waals surface area (Å²) >= 11 is 0. The zero-order valence-electron chi connectivity index (χ0n) is 21.9. The lowest BCUT2D eigenvalue weighted by Gasteiger charge is -2.36. The molecule has 0 saturated carbocycles. The summed E-state index contributed by atoms with van der Waals surface area (Å²) in [4.78, 5) is 22.5. The molecule has 3 aromatic carbocycles. The average molecular weight is 521 g/mol. The Bertz CT molecular complexity index is 1770. The highest BCUT2D eigenvalue weighted by molar-refractivity contribution is 6.02. The van der Waals surface area contributed by atoms with Crippen molar-refractivity contribution >= 4 is 33.7 Å². The Morgan fingerprint density at radius 1 is 0.923 bits per heavy atom. The number of carbonyl (C=O) groups is 1. The maximum atomic E-state index is 14.1. The molecule has 0 amide bonds. The number of anilines is 1. The van der Waals surface area contributed by atoms with Crippen LogP contribution in [-0.4, -0.2) is 41.6 Å². The molecule has 7 rings (SSSR count). The first-order chi connectivity index (χ1) is 19.1. The summed E-state index contributed by atoms with van der Waals surface area (Å²) in [6, 6.07) is 19.9. The molecule has 39 heavy (non-hydrogen) atoms. The molecule has 3 heterocycles. The van der Waals surface area contributed by atoms with Crippen molar-refractivity contribution in [3.05, 3.63) is 89.3 Å². The van der Waals surface area contributed by atoms with Gasteiger partial charge in [0.25, 0.3) is 0 Å². The number of ketones is 1. The van der Waals surface area contributed by atoms with Crippen molar-refractivity contribution in [2.45, 2.75) is 24.8 Å². The van der Waals surface area contributed by atoms with Crippen LogP contribution in [0.15, 0.2) is 78.1 Å². The van der Waals surface area contributed by atoms with Gasteiger partial charge in [-0.05, 0) is 48.2 Å². The molecule has 0 unspecified atom stereocenters. The highest BCUT2D eigenvalue weighted by atomic mass is 16.5. The van der Waals surface area contributed by atoms with Gasteiger partial charge in [-0.3, -0.25) is 9.36 Å². The van der Waals surface area contributed by atoms with Crippen LogP contribution in [-0.2, 0) is 4.79 Å². The summed E-state index contributed by atoms with van der Waals surface area (Å²) < 4.78 is 18.9. The molecule has 0 bridgehead atoms. The van der Waals surface area contributed by atoms with Crippen LogP contribution in [0.1, 0.15) is 35.9 Å². The minimum Gasteiger partial charge on any atom is -0.493 e. The first-order valence-electron chi connectivity index (χ1n) is 13.0. The molecule has 2 atom stereocenters. The molecule has 0 saturated heterocycles. The van der Waals surface area contributed by atoms with Crippen LogP contribution in [0, 0.1) is 0 Å². The van der Waals surface area contributed by atoms with E-state index in [0.29, 0.717) is 30.1 Å². The number of carbonyl (C=O) groups excluding carboxylic acids is 1.